The van der Waals surface area contributed by atoms with Crippen LogP contribution in [-0.2, 0) is 16.6 Å². The predicted octanol–water partition coefficient (Wildman–Crippen LogP) is 1.52. The first-order valence-corrected chi connectivity index (χ1v) is 8.93. The van der Waals surface area contributed by atoms with Gasteiger partial charge < -0.3 is 10.2 Å². The number of alkyl halides is 2. The highest BCUT2D eigenvalue weighted by molar-refractivity contribution is 5.92. The molecule has 0 aliphatic carbocycles. The molecule has 1 saturated heterocycles. The fraction of sp³-hybridized carbons (Fsp3) is 0.500. The molecule has 152 valence electrons. The van der Waals surface area contributed by atoms with Gasteiger partial charge in [0.05, 0.1) is 18.0 Å². The first kappa shape index (κ1) is 20.1. The summed E-state index contributed by atoms with van der Waals surface area (Å²) < 4.78 is 44.9. The zero-order chi connectivity index (χ0) is 20.5. The Kier molecular flexibility index (Phi) is 5.59. The van der Waals surface area contributed by atoms with Gasteiger partial charge in [-0.1, -0.05) is 0 Å². The van der Waals surface area contributed by atoms with E-state index >= 15 is 0 Å². The summed E-state index contributed by atoms with van der Waals surface area (Å²) in [5, 5.41) is 9.51. The SMILES string of the molecule is CN(CCC(=O)NC=O)c1nn(C)c2cc(C3CCNCC3(F)F)c(F)cc12. The molecule has 2 N–H and O–H groups in total. The summed E-state index contributed by atoms with van der Waals surface area (Å²) in [6.45, 7) is 0.179. The number of carbonyl (C=O) groups excluding carboxylic acids is 2. The van der Waals surface area contributed by atoms with Crippen LogP contribution in [-0.4, -0.2) is 54.7 Å². The number of aromatic nitrogens is 2. The Labute approximate surface area is 159 Å². The molecule has 1 aliphatic heterocycles. The van der Waals surface area contributed by atoms with Gasteiger partial charge in [-0.2, -0.15) is 5.10 Å². The van der Waals surface area contributed by atoms with Gasteiger partial charge in [-0.15, -0.1) is 0 Å². The standard InChI is InChI=1S/C18H22F3N5O2/c1-25(6-4-16(28)23-10-27)17-12-7-14(19)11(8-15(12)26(2)24-17)13-3-5-22-9-18(13,20)21/h7-8,10,13,22H,3-6,9H2,1-2H3,(H,23,27,28). The molecule has 28 heavy (non-hydrogen) atoms. The van der Waals surface area contributed by atoms with E-state index in [1.165, 1.54) is 16.8 Å². The van der Waals surface area contributed by atoms with Crippen LogP contribution in [0, 0.1) is 5.82 Å². The molecule has 2 aromatic rings. The first-order valence-electron chi connectivity index (χ1n) is 8.93. The van der Waals surface area contributed by atoms with E-state index < -0.39 is 30.1 Å². The van der Waals surface area contributed by atoms with Crippen LogP contribution in [0.15, 0.2) is 12.1 Å². The lowest BCUT2D eigenvalue weighted by Crippen LogP contribution is -2.44. The van der Waals surface area contributed by atoms with Crippen molar-refractivity contribution >= 4 is 29.0 Å². The maximum atomic E-state index is 14.8. The maximum Gasteiger partial charge on any atom is 0.267 e. The van der Waals surface area contributed by atoms with Crippen molar-refractivity contribution in [1.82, 2.24) is 20.4 Å². The van der Waals surface area contributed by atoms with Crippen LogP contribution in [0.2, 0.25) is 0 Å². The third-order valence-electron chi connectivity index (χ3n) is 5.06. The topological polar surface area (TPSA) is 79.3 Å². The summed E-state index contributed by atoms with van der Waals surface area (Å²) >= 11 is 0. The lowest BCUT2D eigenvalue weighted by molar-refractivity contribution is -0.125. The van der Waals surface area contributed by atoms with Crippen molar-refractivity contribution in [3.05, 3.63) is 23.5 Å². The number of rotatable bonds is 6. The smallest absolute Gasteiger partial charge is 0.267 e. The van der Waals surface area contributed by atoms with E-state index in [1.807, 2.05) is 5.32 Å². The van der Waals surface area contributed by atoms with Gasteiger partial charge in [-0.25, -0.2) is 13.2 Å². The quantitative estimate of drug-likeness (QED) is 0.723. The Morgan fingerprint density at radius 2 is 2.25 bits per heavy atom. The molecule has 10 heteroatoms. The number of aryl methyl sites for hydroxylation is 1. The molecule has 3 rings (SSSR count). The summed E-state index contributed by atoms with van der Waals surface area (Å²) in [7, 11) is 3.34. The van der Waals surface area contributed by atoms with Gasteiger partial charge in [0.25, 0.3) is 5.92 Å². The lowest BCUT2D eigenvalue weighted by atomic mass is 9.86. The molecule has 0 saturated carbocycles. The number of nitrogens with one attached hydrogen (secondary N) is 2. The van der Waals surface area contributed by atoms with Crippen LogP contribution in [0.1, 0.15) is 24.3 Å². The molecule has 1 atom stereocenters. The molecule has 1 aromatic carbocycles. The van der Waals surface area contributed by atoms with Gasteiger partial charge in [0.1, 0.15) is 5.82 Å². The van der Waals surface area contributed by atoms with Crippen molar-refractivity contribution in [2.24, 2.45) is 7.05 Å². The summed E-state index contributed by atoms with van der Waals surface area (Å²) in [4.78, 5) is 23.4. The number of benzene rings is 1. The van der Waals surface area contributed by atoms with Crippen molar-refractivity contribution in [3.8, 4) is 0 Å². The summed E-state index contributed by atoms with van der Waals surface area (Å²) in [6.07, 6.45) is 0.507. The van der Waals surface area contributed by atoms with Crippen LogP contribution >= 0.6 is 0 Å². The van der Waals surface area contributed by atoms with Crippen LogP contribution in [0.4, 0.5) is 19.0 Å². The third-order valence-corrected chi connectivity index (χ3v) is 5.06. The number of imide groups is 1. The highest BCUT2D eigenvalue weighted by Gasteiger charge is 2.43. The molecule has 0 spiro atoms. The van der Waals surface area contributed by atoms with Gasteiger partial charge in [0, 0.05) is 32.4 Å². The summed E-state index contributed by atoms with van der Waals surface area (Å²) in [5.74, 6) is -4.93. The van der Waals surface area contributed by atoms with Gasteiger partial charge in [0.15, 0.2) is 5.82 Å². The van der Waals surface area contributed by atoms with Gasteiger partial charge in [-0.05, 0) is 30.7 Å². The predicted molar refractivity (Wildman–Crippen MR) is 97.9 cm³/mol. The monoisotopic (exact) mass is 397 g/mol. The van der Waals surface area contributed by atoms with E-state index in [9.17, 15) is 22.8 Å². The number of carbonyl (C=O) groups is 2. The molecule has 1 fully saturated rings. The molecule has 0 radical (unpaired) electrons. The van der Waals surface area contributed by atoms with Crippen LogP contribution in [0.3, 0.4) is 0 Å². The van der Waals surface area contributed by atoms with Crippen molar-refractivity contribution in [1.29, 1.82) is 0 Å². The second-order valence-corrected chi connectivity index (χ2v) is 6.97. The number of fused-ring (bicyclic) bond motifs is 1. The van der Waals surface area contributed by atoms with Crippen molar-refractivity contribution in [3.63, 3.8) is 0 Å². The zero-order valence-corrected chi connectivity index (χ0v) is 15.6. The fourth-order valence-corrected chi connectivity index (χ4v) is 3.56. The Morgan fingerprint density at radius 3 is 2.93 bits per heavy atom. The molecule has 1 aromatic heterocycles. The van der Waals surface area contributed by atoms with Crippen LogP contribution in [0.5, 0.6) is 0 Å². The number of nitrogens with zero attached hydrogens (tertiary/aromatic N) is 3. The van der Waals surface area contributed by atoms with Crippen molar-refractivity contribution < 1.29 is 22.8 Å². The molecule has 1 aliphatic rings. The van der Waals surface area contributed by atoms with Gasteiger partial charge in [0.2, 0.25) is 12.3 Å². The molecular formula is C18H22F3N5O2. The molecular weight excluding hydrogens is 375 g/mol. The molecule has 1 unspecified atom stereocenters. The minimum Gasteiger partial charge on any atom is -0.357 e. The first-order chi connectivity index (χ1) is 13.2. The summed E-state index contributed by atoms with van der Waals surface area (Å²) in [6, 6.07) is 2.67. The average Bonchev–Trinajstić information content (AvgIpc) is 2.95. The van der Waals surface area contributed by atoms with E-state index in [1.54, 1.807) is 19.0 Å². The number of amides is 2. The Balaban J connectivity index is 1.93. The van der Waals surface area contributed by atoms with E-state index in [0.717, 1.165) is 0 Å². The van der Waals surface area contributed by atoms with E-state index in [4.69, 9.17) is 0 Å². The number of hydrogen-bond donors (Lipinski definition) is 2. The Bertz CT molecular complexity index is 899. The van der Waals surface area contributed by atoms with E-state index in [0.29, 0.717) is 29.7 Å². The lowest BCUT2D eigenvalue weighted by Gasteiger charge is -2.32. The number of halogens is 3. The Morgan fingerprint density at radius 1 is 1.50 bits per heavy atom. The van der Waals surface area contributed by atoms with E-state index in [2.05, 4.69) is 10.4 Å². The number of hydrogen-bond acceptors (Lipinski definition) is 5. The second-order valence-electron chi connectivity index (χ2n) is 6.97. The molecule has 0 bridgehead atoms. The Hall–Kier alpha value is -2.62. The van der Waals surface area contributed by atoms with Crippen molar-refractivity contribution in [2.45, 2.75) is 24.7 Å². The second kappa shape index (κ2) is 7.78. The normalized spacial score (nSPS) is 18.8. The molecule has 2 amide bonds. The van der Waals surface area contributed by atoms with Crippen molar-refractivity contribution in [2.75, 3.05) is 31.6 Å². The molecule has 7 nitrogen and oxygen atoms in total. The number of piperidine rings is 1. The summed E-state index contributed by atoms with van der Waals surface area (Å²) in [5.41, 5.74) is 0.520. The highest BCUT2D eigenvalue weighted by atomic mass is 19.3. The van der Waals surface area contributed by atoms with Gasteiger partial charge in [-0.3, -0.25) is 19.6 Å². The minimum atomic E-state index is -3.03. The maximum absolute atomic E-state index is 14.8. The van der Waals surface area contributed by atoms with E-state index in [-0.39, 0.29) is 24.9 Å². The molecule has 2 heterocycles. The largest absolute Gasteiger partial charge is 0.357 e. The average molecular weight is 397 g/mol. The number of anilines is 1. The third kappa shape index (κ3) is 3.82. The van der Waals surface area contributed by atoms with Crippen LogP contribution in [0.25, 0.3) is 10.9 Å². The van der Waals surface area contributed by atoms with Gasteiger partial charge >= 0.3 is 0 Å². The minimum absolute atomic E-state index is 0.0124. The van der Waals surface area contributed by atoms with Crippen LogP contribution < -0.4 is 15.5 Å². The zero-order valence-electron chi connectivity index (χ0n) is 15.6. The highest BCUT2D eigenvalue weighted by Crippen LogP contribution is 2.40. The fourth-order valence-electron chi connectivity index (χ4n) is 3.56.